The van der Waals surface area contributed by atoms with Crippen molar-refractivity contribution in [2.24, 2.45) is 0 Å². The Bertz CT molecular complexity index is 153. The van der Waals surface area contributed by atoms with Gasteiger partial charge in [0.2, 0.25) is 0 Å². The summed E-state index contributed by atoms with van der Waals surface area (Å²) in [5, 5.41) is 20.3. The van der Waals surface area contributed by atoms with Crippen LogP contribution in [0.2, 0.25) is 0 Å². The summed E-state index contributed by atoms with van der Waals surface area (Å²) >= 11 is 1.33. The van der Waals surface area contributed by atoms with Gasteiger partial charge in [-0.25, -0.2) is 0 Å². The number of aliphatic hydroxyl groups excluding tert-OH is 1. The smallest absolute Gasteiger partial charge is 0.313 e. The van der Waals surface area contributed by atoms with E-state index in [0.29, 0.717) is 0 Å². The van der Waals surface area contributed by atoms with Gasteiger partial charge in [-0.05, 0) is 12.8 Å². The number of carboxylic acids is 1. The monoisotopic (exact) mass is 177 g/mol. The largest absolute Gasteiger partial charge is 0.481 e. The highest BCUT2D eigenvalue weighted by molar-refractivity contribution is 8.00. The van der Waals surface area contributed by atoms with Crippen LogP contribution in [0, 0.1) is 0 Å². The first kappa shape index (κ1) is 8.83. The molecule has 1 saturated heterocycles. The molecule has 11 heavy (non-hydrogen) atoms. The summed E-state index contributed by atoms with van der Waals surface area (Å²) in [6.45, 7) is 0. The molecule has 0 aliphatic carbocycles. The topological polar surface area (TPSA) is 69.6 Å². The van der Waals surface area contributed by atoms with Gasteiger partial charge in [0.1, 0.15) is 6.23 Å². The maximum atomic E-state index is 10.1. The van der Waals surface area contributed by atoms with E-state index in [1.165, 1.54) is 11.8 Å². The first-order chi connectivity index (χ1) is 5.18. The van der Waals surface area contributed by atoms with Gasteiger partial charge in [0.25, 0.3) is 0 Å². The van der Waals surface area contributed by atoms with Crippen molar-refractivity contribution in [3.05, 3.63) is 0 Å². The predicted octanol–water partition coefficient (Wildman–Crippen LogP) is -0.168. The molecule has 2 unspecified atom stereocenters. The van der Waals surface area contributed by atoms with E-state index in [1.54, 1.807) is 0 Å². The Hall–Kier alpha value is -0.260. The molecular formula is C6H11NO3S. The number of thioether (sulfide) groups is 1. The van der Waals surface area contributed by atoms with Gasteiger partial charge >= 0.3 is 5.97 Å². The Morgan fingerprint density at radius 1 is 1.64 bits per heavy atom. The van der Waals surface area contributed by atoms with E-state index in [-0.39, 0.29) is 11.1 Å². The Morgan fingerprint density at radius 3 is 2.82 bits per heavy atom. The highest BCUT2D eigenvalue weighted by Crippen LogP contribution is 2.20. The van der Waals surface area contributed by atoms with Crippen molar-refractivity contribution in [1.82, 2.24) is 5.32 Å². The molecule has 4 nitrogen and oxygen atoms in total. The Kier molecular flexibility index (Phi) is 3.16. The average Bonchev–Trinajstić information content (AvgIpc) is 2.31. The van der Waals surface area contributed by atoms with Crippen LogP contribution in [0.4, 0.5) is 0 Å². The van der Waals surface area contributed by atoms with Crippen LogP contribution in [-0.4, -0.2) is 33.5 Å². The third-order valence-electron chi connectivity index (χ3n) is 1.49. The SMILES string of the molecule is O=C(O)CSC1CCC(O)N1. The van der Waals surface area contributed by atoms with Crippen LogP contribution >= 0.6 is 11.8 Å². The van der Waals surface area contributed by atoms with Crippen molar-refractivity contribution in [2.45, 2.75) is 24.4 Å². The molecule has 0 spiro atoms. The van der Waals surface area contributed by atoms with Crippen molar-refractivity contribution >= 4 is 17.7 Å². The summed E-state index contributed by atoms with van der Waals surface area (Å²) in [6, 6.07) is 0. The fourth-order valence-electron chi connectivity index (χ4n) is 0.994. The number of nitrogens with one attached hydrogen (secondary N) is 1. The van der Waals surface area contributed by atoms with E-state index >= 15 is 0 Å². The second-order valence-corrected chi connectivity index (χ2v) is 3.64. The first-order valence-corrected chi connectivity index (χ1v) is 4.51. The van der Waals surface area contributed by atoms with E-state index < -0.39 is 12.2 Å². The molecule has 1 fully saturated rings. The number of aliphatic carboxylic acids is 1. The van der Waals surface area contributed by atoms with Crippen LogP contribution in [0.1, 0.15) is 12.8 Å². The number of rotatable bonds is 3. The summed E-state index contributed by atoms with van der Waals surface area (Å²) < 4.78 is 0. The lowest BCUT2D eigenvalue weighted by Crippen LogP contribution is -2.27. The maximum absolute atomic E-state index is 10.1. The molecule has 1 aliphatic heterocycles. The lowest BCUT2D eigenvalue weighted by Gasteiger charge is -2.07. The minimum atomic E-state index is -0.807. The van der Waals surface area contributed by atoms with Crippen LogP contribution in [-0.2, 0) is 4.79 Å². The molecule has 0 aromatic carbocycles. The van der Waals surface area contributed by atoms with Gasteiger partial charge in [-0.15, -0.1) is 11.8 Å². The van der Waals surface area contributed by atoms with Crippen molar-refractivity contribution in [1.29, 1.82) is 0 Å². The van der Waals surface area contributed by atoms with E-state index in [0.717, 1.165) is 12.8 Å². The highest BCUT2D eigenvalue weighted by Gasteiger charge is 2.22. The number of carbonyl (C=O) groups is 1. The van der Waals surface area contributed by atoms with Crippen molar-refractivity contribution < 1.29 is 15.0 Å². The van der Waals surface area contributed by atoms with Gasteiger partial charge in [0.15, 0.2) is 0 Å². The molecule has 1 aliphatic rings. The third kappa shape index (κ3) is 3.09. The number of aliphatic hydroxyl groups is 1. The minimum absolute atomic E-state index is 0.102. The van der Waals surface area contributed by atoms with Crippen molar-refractivity contribution in [3.8, 4) is 0 Å². The lowest BCUT2D eigenvalue weighted by molar-refractivity contribution is -0.133. The van der Waals surface area contributed by atoms with Gasteiger partial charge in [0, 0.05) is 0 Å². The van der Waals surface area contributed by atoms with Crippen LogP contribution in [0.15, 0.2) is 0 Å². The number of hydrogen-bond acceptors (Lipinski definition) is 4. The molecule has 64 valence electrons. The van der Waals surface area contributed by atoms with Gasteiger partial charge < -0.3 is 10.2 Å². The predicted molar refractivity (Wildman–Crippen MR) is 42.3 cm³/mol. The maximum Gasteiger partial charge on any atom is 0.313 e. The molecule has 0 amide bonds. The first-order valence-electron chi connectivity index (χ1n) is 3.46. The van der Waals surface area contributed by atoms with E-state index in [9.17, 15) is 4.79 Å². The quantitative estimate of drug-likeness (QED) is 0.558. The van der Waals surface area contributed by atoms with Crippen LogP contribution < -0.4 is 5.32 Å². The summed E-state index contributed by atoms with van der Waals surface area (Å²) in [5.41, 5.74) is 0. The molecule has 1 rings (SSSR count). The Balaban J connectivity index is 2.13. The molecule has 3 N–H and O–H groups in total. The molecular weight excluding hydrogens is 166 g/mol. The van der Waals surface area contributed by atoms with Crippen LogP contribution in [0.5, 0.6) is 0 Å². The summed E-state index contributed by atoms with van der Waals surface area (Å²) in [5.74, 6) is -0.706. The number of hydrogen-bond donors (Lipinski definition) is 3. The molecule has 0 bridgehead atoms. The highest BCUT2D eigenvalue weighted by atomic mass is 32.2. The zero-order valence-electron chi connectivity index (χ0n) is 5.99. The number of carboxylic acid groups (broad SMARTS) is 1. The van der Waals surface area contributed by atoms with Gasteiger partial charge in [-0.3, -0.25) is 10.1 Å². The van der Waals surface area contributed by atoms with E-state index in [1.807, 2.05) is 0 Å². The molecule has 1 heterocycles. The zero-order chi connectivity index (χ0) is 8.27. The molecule has 0 aromatic rings. The van der Waals surface area contributed by atoms with E-state index in [4.69, 9.17) is 10.2 Å². The zero-order valence-corrected chi connectivity index (χ0v) is 6.80. The van der Waals surface area contributed by atoms with Crippen LogP contribution in [0.25, 0.3) is 0 Å². The summed E-state index contributed by atoms with van der Waals surface area (Å²) in [6.07, 6.45) is 1.12. The van der Waals surface area contributed by atoms with Crippen LogP contribution in [0.3, 0.4) is 0 Å². The normalized spacial score (nSPS) is 30.6. The Morgan fingerprint density at radius 2 is 2.36 bits per heavy atom. The third-order valence-corrected chi connectivity index (χ3v) is 2.68. The van der Waals surface area contributed by atoms with Gasteiger partial charge in [-0.2, -0.15) is 0 Å². The van der Waals surface area contributed by atoms with Crippen molar-refractivity contribution in [2.75, 3.05) is 5.75 Å². The molecule has 5 heteroatoms. The molecule has 0 radical (unpaired) electrons. The van der Waals surface area contributed by atoms with Gasteiger partial charge in [-0.1, -0.05) is 0 Å². The fraction of sp³-hybridized carbons (Fsp3) is 0.833. The Labute approximate surface area is 69.0 Å². The second-order valence-electron chi connectivity index (χ2n) is 2.45. The minimum Gasteiger partial charge on any atom is -0.481 e. The standard InChI is InChI=1S/C6H11NO3S/c8-4-1-2-5(7-4)11-3-6(9)10/h4-5,7-8H,1-3H2,(H,9,10). The average molecular weight is 177 g/mol. The molecule has 0 aromatic heterocycles. The summed E-state index contributed by atoms with van der Waals surface area (Å²) in [4.78, 5) is 10.1. The fourth-order valence-corrected chi connectivity index (χ4v) is 1.89. The van der Waals surface area contributed by atoms with E-state index in [2.05, 4.69) is 5.32 Å². The lowest BCUT2D eigenvalue weighted by atomic mass is 10.4. The van der Waals surface area contributed by atoms with Gasteiger partial charge in [0.05, 0.1) is 11.1 Å². The summed E-state index contributed by atoms with van der Waals surface area (Å²) in [7, 11) is 0. The second kappa shape index (κ2) is 3.94. The molecule has 2 atom stereocenters. The van der Waals surface area contributed by atoms with Crippen molar-refractivity contribution in [3.63, 3.8) is 0 Å². The molecule has 0 saturated carbocycles.